The molecule has 0 saturated heterocycles. The van der Waals surface area contributed by atoms with Crippen molar-refractivity contribution in [2.75, 3.05) is 0 Å². The molecule has 1 heterocycles. The lowest BCUT2D eigenvalue weighted by atomic mass is 9.70. The van der Waals surface area contributed by atoms with Crippen LogP contribution in [0, 0.1) is 0 Å². The number of nitrogens with one attached hydrogen (secondary N) is 1. The Hall–Kier alpha value is -2.98. The molecule has 0 unspecified atom stereocenters. The SMILES string of the molecule is CC(C)(C)[Si](C)(C)Oc1ccc([C@@](C)(c2ccccc2)c2c[nH]c3ccccc23)c(O)c1. The Morgan fingerprint density at radius 3 is 2.12 bits per heavy atom. The molecule has 32 heavy (non-hydrogen) atoms. The summed E-state index contributed by atoms with van der Waals surface area (Å²) in [6, 6.07) is 24.5. The Balaban J connectivity index is 1.87. The first kappa shape index (κ1) is 22.2. The summed E-state index contributed by atoms with van der Waals surface area (Å²) >= 11 is 0. The maximum atomic E-state index is 11.3. The third-order valence-electron chi connectivity index (χ3n) is 7.17. The van der Waals surface area contributed by atoms with E-state index in [1.807, 2.05) is 24.3 Å². The van der Waals surface area contributed by atoms with Crippen LogP contribution in [0.3, 0.4) is 0 Å². The minimum absolute atomic E-state index is 0.0872. The molecule has 4 heteroatoms. The molecular formula is C28H33NO2Si. The second kappa shape index (κ2) is 7.86. The van der Waals surface area contributed by atoms with E-state index in [0.717, 1.165) is 33.3 Å². The molecule has 3 nitrogen and oxygen atoms in total. The number of benzene rings is 3. The minimum atomic E-state index is -2.00. The number of phenols is 1. The Morgan fingerprint density at radius 2 is 1.47 bits per heavy atom. The first-order chi connectivity index (χ1) is 15.0. The van der Waals surface area contributed by atoms with Gasteiger partial charge in [-0.3, -0.25) is 0 Å². The second-order valence-electron chi connectivity index (χ2n) is 10.3. The molecule has 2 N–H and O–H groups in total. The van der Waals surface area contributed by atoms with Crippen LogP contribution in [-0.2, 0) is 5.41 Å². The van der Waals surface area contributed by atoms with Crippen LogP contribution in [-0.4, -0.2) is 18.4 Å². The molecule has 0 spiro atoms. The molecule has 0 bridgehead atoms. The highest BCUT2D eigenvalue weighted by Gasteiger charge is 2.40. The van der Waals surface area contributed by atoms with Gasteiger partial charge < -0.3 is 14.5 Å². The van der Waals surface area contributed by atoms with Crippen LogP contribution in [0.25, 0.3) is 10.9 Å². The normalized spacial score (nSPS) is 14.3. The summed E-state index contributed by atoms with van der Waals surface area (Å²) in [5.41, 5.74) is 3.66. The molecule has 166 valence electrons. The largest absolute Gasteiger partial charge is 0.543 e. The number of fused-ring (bicyclic) bond motifs is 1. The molecule has 0 fully saturated rings. The Morgan fingerprint density at radius 1 is 0.812 bits per heavy atom. The lowest BCUT2D eigenvalue weighted by molar-refractivity contribution is 0.447. The van der Waals surface area contributed by atoms with E-state index >= 15 is 0 Å². The van der Waals surface area contributed by atoms with Crippen molar-refractivity contribution in [1.82, 2.24) is 4.98 Å². The predicted molar refractivity (Wildman–Crippen MR) is 136 cm³/mol. The lowest BCUT2D eigenvalue weighted by Crippen LogP contribution is -2.43. The molecule has 4 aromatic rings. The fourth-order valence-corrected chi connectivity index (χ4v) is 5.18. The van der Waals surface area contributed by atoms with E-state index in [9.17, 15) is 5.11 Å². The van der Waals surface area contributed by atoms with Crippen LogP contribution < -0.4 is 4.43 Å². The molecule has 0 aliphatic rings. The second-order valence-corrected chi connectivity index (χ2v) is 15.0. The molecule has 0 amide bonds. The van der Waals surface area contributed by atoms with Crippen LogP contribution in [0.4, 0.5) is 0 Å². The molecule has 1 aromatic heterocycles. The van der Waals surface area contributed by atoms with E-state index in [2.05, 4.69) is 94.4 Å². The van der Waals surface area contributed by atoms with Gasteiger partial charge in [-0.2, -0.15) is 0 Å². The van der Waals surface area contributed by atoms with Crippen molar-refractivity contribution >= 4 is 19.2 Å². The number of hydrogen-bond acceptors (Lipinski definition) is 2. The van der Waals surface area contributed by atoms with Crippen LogP contribution in [0.15, 0.2) is 79.0 Å². The number of aromatic amines is 1. The number of aromatic hydroxyl groups is 1. The van der Waals surface area contributed by atoms with Gasteiger partial charge in [0.15, 0.2) is 0 Å². The lowest BCUT2D eigenvalue weighted by Gasteiger charge is -2.37. The van der Waals surface area contributed by atoms with E-state index in [1.165, 1.54) is 0 Å². The van der Waals surface area contributed by atoms with Gasteiger partial charge in [-0.25, -0.2) is 0 Å². The van der Waals surface area contributed by atoms with E-state index < -0.39 is 13.7 Å². The van der Waals surface area contributed by atoms with Gasteiger partial charge in [0.2, 0.25) is 8.32 Å². The fourth-order valence-electron chi connectivity index (χ4n) is 4.16. The molecular weight excluding hydrogens is 410 g/mol. The van der Waals surface area contributed by atoms with Crippen molar-refractivity contribution in [3.63, 3.8) is 0 Å². The van der Waals surface area contributed by atoms with Crippen molar-refractivity contribution in [3.05, 3.63) is 95.7 Å². The smallest absolute Gasteiger partial charge is 0.250 e. The molecule has 0 saturated carbocycles. The van der Waals surface area contributed by atoms with E-state index in [1.54, 1.807) is 6.07 Å². The van der Waals surface area contributed by atoms with Gasteiger partial charge in [0, 0.05) is 34.1 Å². The predicted octanol–water partition coefficient (Wildman–Crippen LogP) is 7.61. The van der Waals surface area contributed by atoms with Crippen molar-refractivity contribution in [3.8, 4) is 11.5 Å². The first-order valence-corrected chi connectivity index (χ1v) is 14.1. The zero-order chi connectivity index (χ0) is 23.1. The summed E-state index contributed by atoms with van der Waals surface area (Å²) in [6.07, 6.45) is 2.07. The van der Waals surface area contributed by atoms with Gasteiger partial charge in [-0.1, -0.05) is 75.4 Å². The van der Waals surface area contributed by atoms with Gasteiger partial charge in [-0.15, -0.1) is 0 Å². The Kier molecular flexibility index (Phi) is 5.46. The number of hydrogen-bond donors (Lipinski definition) is 2. The average molecular weight is 444 g/mol. The number of H-pyrrole nitrogens is 1. The van der Waals surface area contributed by atoms with Gasteiger partial charge in [0.1, 0.15) is 11.5 Å². The van der Waals surface area contributed by atoms with Crippen molar-refractivity contribution in [2.45, 2.75) is 51.2 Å². The highest BCUT2D eigenvalue weighted by Crippen LogP contribution is 2.46. The van der Waals surface area contributed by atoms with E-state index in [4.69, 9.17) is 4.43 Å². The number of para-hydroxylation sites is 1. The topological polar surface area (TPSA) is 45.2 Å². The quantitative estimate of drug-likeness (QED) is 0.312. The third kappa shape index (κ3) is 3.73. The zero-order valence-electron chi connectivity index (χ0n) is 19.9. The summed E-state index contributed by atoms with van der Waals surface area (Å²) < 4.78 is 6.45. The van der Waals surface area contributed by atoms with Gasteiger partial charge in [0.05, 0.1) is 0 Å². The number of aromatic nitrogens is 1. The summed E-state index contributed by atoms with van der Waals surface area (Å²) in [5, 5.41) is 12.5. The standard InChI is InChI=1S/C28H33NO2Si/c1-27(2,3)32(5,6)31-21-16-17-23(26(30)18-21)28(4,20-12-8-7-9-13-20)24-19-29-25-15-11-10-14-22(24)25/h7-19,29-30H,1-6H3/t28-/m1/s1. The van der Waals surface area contributed by atoms with Crippen molar-refractivity contribution < 1.29 is 9.53 Å². The Labute approximate surface area is 192 Å². The van der Waals surface area contributed by atoms with Crippen molar-refractivity contribution in [1.29, 1.82) is 0 Å². The van der Waals surface area contributed by atoms with Crippen LogP contribution in [0.1, 0.15) is 44.4 Å². The number of rotatable bonds is 5. The summed E-state index contributed by atoms with van der Waals surface area (Å²) in [6.45, 7) is 13.3. The molecule has 0 aliphatic carbocycles. The maximum Gasteiger partial charge on any atom is 0.250 e. The first-order valence-electron chi connectivity index (χ1n) is 11.2. The summed E-state index contributed by atoms with van der Waals surface area (Å²) in [4.78, 5) is 3.41. The molecule has 3 aromatic carbocycles. The molecule has 4 rings (SSSR count). The molecule has 0 radical (unpaired) electrons. The molecule has 0 aliphatic heterocycles. The van der Waals surface area contributed by atoms with E-state index in [0.29, 0.717) is 0 Å². The Bertz CT molecular complexity index is 1240. The van der Waals surface area contributed by atoms with Crippen LogP contribution >= 0.6 is 0 Å². The highest BCUT2D eigenvalue weighted by atomic mass is 28.4. The van der Waals surface area contributed by atoms with Gasteiger partial charge in [0.25, 0.3) is 0 Å². The van der Waals surface area contributed by atoms with Gasteiger partial charge in [-0.05, 0) is 48.3 Å². The van der Waals surface area contributed by atoms with Gasteiger partial charge >= 0.3 is 0 Å². The summed E-state index contributed by atoms with van der Waals surface area (Å²) in [7, 11) is -2.00. The molecule has 1 atom stereocenters. The number of phenolic OH excluding ortho intramolecular Hbond substituents is 1. The zero-order valence-corrected chi connectivity index (χ0v) is 20.9. The third-order valence-corrected chi connectivity index (χ3v) is 11.5. The van der Waals surface area contributed by atoms with Crippen molar-refractivity contribution in [2.24, 2.45) is 0 Å². The highest BCUT2D eigenvalue weighted by molar-refractivity contribution is 6.74. The van der Waals surface area contributed by atoms with E-state index in [-0.39, 0.29) is 10.8 Å². The summed E-state index contributed by atoms with van der Waals surface area (Å²) in [5.74, 6) is 0.977. The fraction of sp³-hybridized carbons (Fsp3) is 0.286. The maximum absolute atomic E-state index is 11.3. The van der Waals surface area contributed by atoms with Crippen LogP contribution in [0.5, 0.6) is 11.5 Å². The minimum Gasteiger partial charge on any atom is -0.543 e. The van der Waals surface area contributed by atoms with Crippen LogP contribution in [0.2, 0.25) is 18.1 Å². The average Bonchev–Trinajstić information content (AvgIpc) is 3.17. The monoisotopic (exact) mass is 443 g/mol.